The highest BCUT2D eigenvalue weighted by Crippen LogP contribution is 2.30. The first kappa shape index (κ1) is 22.8. The smallest absolute Gasteiger partial charge is 0.252 e. The molecule has 1 aliphatic rings. The zero-order chi connectivity index (χ0) is 23.2. The van der Waals surface area contributed by atoms with Crippen molar-refractivity contribution in [3.63, 3.8) is 0 Å². The van der Waals surface area contributed by atoms with Crippen LogP contribution in [0.4, 0.5) is 17.2 Å². The molecule has 172 valence electrons. The first-order chi connectivity index (χ1) is 16.0. The number of primary amides is 1. The lowest BCUT2D eigenvalue weighted by Crippen LogP contribution is -2.37. The number of thiophene rings is 1. The molecule has 0 atom stereocenters. The topological polar surface area (TPSA) is 100 Å². The molecule has 0 spiro atoms. The van der Waals surface area contributed by atoms with Crippen molar-refractivity contribution in [1.82, 2.24) is 9.88 Å². The van der Waals surface area contributed by atoms with E-state index in [1.54, 1.807) is 11.3 Å². The van der Waals surface area contributed by atoms with E-state index in [4.69, 9.17) is 5.73 Å². The van der Waals surface area contributed by atoms with E-state index < -0.39 is 5.91 Å². The minimum atomic E-state index is -0.515. The second-order valence-corrected chi connectivity index (χ2v) is 9.20. The van der Waals surface area contributed by atoms with Gasteiger partial charge in [-0.25, -0.2) is 4.98 Å². The van der Waals surface area contributed by atoms with Crippen molar-refractivity contribution in [2.45, 2.75) is 38.6 Å². The van der Waals surface area contributed by atoms with Gasteiger partial charge in [-0.3, -0.25) is 9.59 Å². The molecule has 0 radical (unpaired) electrons. The van der Waals surface area contributed by atoms with Crippen molar-refractivity contribution in [1.29, 1.82) is 0 Å². The number of benzene rings is 1. The van der Waals surface area contributed by atoms with Crippen molar-refractivity contribution >= 4 is 40.3 Å². The number of hydrogen-bond acceptors (Lipinski definition) is 6. The highest BCUT2D eigenvalue weighted by Gasteiger charge is 2.22. The van der Waals surface area contributed by atoms with Gasteiger partial charge in [-0.05, 0) is 47.9 Å². The van der Waals surface area contributed by atoms with Gasteiger partial charge >= 0.3 is 0 Å². The van der Waals surface area contributed by atoms with E-state index in [1.165, 1.54) is 11.8 Å². The lowest BCUT2D eigenvalue weighted by Gasteiger charge is -2.32. The number of aromatic nitrogens is 1. The molecular weight excluding hydrogens is 434 g/mol. The first-order valence-electron chi connectivity index (χ1n) is 11.2. The molecule has 1 saturated heterocycles. The Labute approximate surface area is 198 Å². The van der Waals surface area contributed by atoms with Gasteiger partial charge in [0.2, 0.25) is 5.91 Å². The van der Waals surface area contributed by atoms with Crippen LogP contribution < -0.4 is 16.4 Å². The monoisotopic (exact) mass is 463 g/mol. The van der Waals surface area contributed by atoms with E-state index >= 15 is 0 Å². The fourth-order valence-electron chi connectivity index (χ4n) is 4.13. The Morgan fingerprint density at radius 2 is 1.94 bits per heavy atom. The van der Waals surface area contributed by atoms with Crippen molar-refractivity contribution in [3.05, 3.63) is 70.0 Å². The molecule has 2 aromatic heterocycles. The Hall–Kier alpha value is -3.39. The van der Waals surface area contributed by atoms with Gasteiger partial charge in [0.15, 0.2) is 0 Å². The molecule has 7 nitrogen and oxygen atoms in total. The Bertz CT molecular complexity index is 1090. The molecular formula is C25H29N5O2S. The van der Waals surface area contributed by atoms with E-state index in [0.29, 0.717) is 36.0 Å². The zero-order valence-electron chi connectivity index (χ0n) is 18.7. The number of nitrogens with two attached hydrogens (primary N) is 1. The number of hydrogen-bond donors (Lipinski definition) is 3. The number of carbonyl (C=O) groups is 2. The molecule has 3 heterocycles. The van der Waals surface area contributed by atoms with Crippen molar-refractivity contribution < 1.29 is 9.59 Å². The summed E-state index contributed by atoms with van der Waals surface area (Å²) in [5.74, 6) is 0.833. The summed E-state index contributed by atoms with van der Waals surface area (Å²) in [5.41, 5.74) is 8.75. The Morgan fingerprint density at radius 1 is 1.18 bits per heavy atom. The second kappa shape index (κ2) is 10.5. The van der Waals surface area contributed by atoms with E-state index in [1.807, 2.05) is 47.5 Å². The Morgan fingerprint density at radius 3 is 2.58 bits per heavy atom. The fraction of sp³-hybridized carbons (Fsp3) is 0.320. The normalized spacial score (nSPS) is 14.2. The van der Waals surface area contributed by atoms with Crippen molar-refractivity contribution in [2.75, 3.05) is 23.7 Å². The summed E-state index contributed by atoms with van der Waals surface area (Å²) in [6.45, 7) is 4.18. The first-order valence-corrected chi connectivity index (χ1v) is 12.1. The van der Waals surface area contributed by atoms with E-state index in [9.17, 15) is 9.59 Å². The van der Waals surface area contributed by atoms with Crippen LogP contribution in [0.2, 0.25) is 0 Å². The van der Waals surface area contributed by atoms with Gasteiger partial charge in [-0.15, -0.1) is 11.3 Å². The third-order valence-electron chi connectivity index (χ3n) is 6.01. The minimum absolute atomic E-state index is 0.243. The molecule has 1 fully saturated rings. The van der Waals surface area contributed by atoms with Gasteiger partial charge in [-0.2, -0.15) is 0 Å². The summed E-state index contributed by atoms with van der Waals surface area (Å²) in [6.07, 6.45) is 4.06. The zero-order valence-corrected chi connectivity index (χ0v) is 19.5. The number of rotatable bonds is 8. The van der Waals surface area contributed by atoms with Crippen LogP contribution in [0.1, 0.15) is 52.9 Å². The van der Waals surface area contributed by atoms with Crippen LogP contribution in [-0.4, -0.2) is 34.8 Å². The van der Waals surface area contributed by atoms with Crippen molar-refractivity contribution in [2.24, 2.45) is 5.73 Å². The molecule has 4 rings (SSSR count). The summed E-state index contributed by atoms with van der Waals surface area (Å²) < 4.78 is 0. The van der Waals surface area contributed by atoms with E-state index in [-0.39, 0.29) is 5.91 Å². The third-order valence-corrected chi connectivity index (χ3v) is 6.88. The van der Waals surface area contributed by atoms with Gasteiger partial charge < -0.3 is 21.3 Å². The summed E-state index contributed by atoms with van der Waals surface area (Å²) in [5, 5.41) is 8.62. The molecule has 4 N–H and O–H groups in total. The molecule has 0 bridgehead atoms. The SMILES string of the molecule is CCC(=O)N1CCC(c2ccc(Nc3cc(NCc4cccs4)c(C(N)=O)cn3)cc2)CC1. The molecule has 1 aromatic carbocycles. The maximum absolute atomic E-state index is 11.9. The molecule has 2 amide bonds. The lowest BCUT2D eigenvalue weighted by molar-refractivity contribution is -0.131. The highest BCUT2D eigenvalue weighted by molar-refractivity contribution is 7.09. The van der Waals surface area contributed by atoms with Crippen LogP contribution in [0.15, 0.2) is 54.0 Å². The average Bonchev–Trinajstić information content (AvgIpc) is 3.36. The minimum Gasteiger partial charge on any atom is -0.379 e. The Kier molecular flexibility index (Phi) is 7.24. The molecule has 3 aromatic rings. The summed E-state index contributed by atoms with van der Waals surface area (Å²) in [4.78, 5) is 31.2. The molecule has 1 aliphatic heterocycles. The number of pyridine rings is 1. The molecule has 8 heteroatoms. The van der Waals surface area contributed by atoms with Crippen LogP contribution in [0.5, 0.6) is 0 Å². The van der Waals surface area contributed by atoms with Crippen LogP contribution in [0.3, 0.4) is 0 Å². The number of anilines is 3. The van der Waals surface area contributed by atoms with E-state index in [0.717, 1.165) is 36.5 Å². The largest absolute Gasteiger partial charge is 0.379 e. The molecule has 33 heavy (non-hydrogen) atoms. The highest BCUT2D eigenvalue weighted by atomic mass is 32.1. The number of amides is 2. The Balaban J connectivity index is 1.41. The van der Waals surface area contributed by atoms with E-state index in [2.05, 4.69) is 27.8 Å². The molecule has 0 aliphatic carbocycles. The van der Waals surface area contributed by atoms with Gasteiger partial charge in [0, 0.05) is 48.9 Å². The standard InChI is InChI=1S/C25H29N5O2S/c1-2-24(31)30-11-9-18(10-12-30)17-5-7-19(8-6-17)29-23-14-22(21(16-28-23)25(26)32)27-15-20-4-3-13-33-20/h3-8,13-14,16,18H,2,9-12,15H2,1H3,(H2,26,32)(H2,27,28,29). The van der Waals surface area contributed by atoms with Crippen LogP contribution in [0, 0.1) is 0 Å². The van der Waals surface area contributed by atoms with Gasteiger partial charge in [0.25, 0.3) is 5.91 Å². The third kappa shape index (κ3) is 5.70. The van der Waals surface area contributed by atoms with Gasteiger partial charge in [0.05, 0.1) is 11.3 Å². The number of carbonyl (C=O) groups excluding carboxylic acids is 2. The average molecular weight is 464 g/mol. The summed E-state index contributed by atoms with van der Waals surface area (Å²) >= 11 is 1.65. The number of nitrogens with one attached hydrogen (secondary N) is 2. The van der Waals surface area contributed by atoms with Gasteiger partial charge in [-0.1, -0.05) is 25.1 Å². The van der Waals surface area contributed by atoms with Gasteiger partial charge in [0.1, 0.15) is 5.82 Å². The number of likely N-dealkylation sites (tertiary alicyclic amines) is 1. The van der Waals surface area contributed by atoms with Crippen molar-refractivity contribution in [3.8, 4) is 0 Å². The quantitative estimate of drug-likeness (QED) is 0.449. The predicted octanol–water partition coefficient (Wildman–Crippen LogP) is 4.71. The predicted molar refractivity (Wildman–Crippen MR) is 133 cm³/mol. The maximum Gasteiger partial charge on any atom is 0.252 e. The lowest BCUT2D eigenvalue weighted by atomic mass is 9.89. The summed E-state index contributed by atoms with van der Waals surface area (Å²) in [7, 11) is 0. The van der Waals surface area contributed by atoms with Crippen LogP contribution >= 0.6 is 11.3 Å². The number of nitrogens with zero attached hydrogens (tertiary/aromatic N) is 2. The van der Waals surface area contributed by atoms with Crippen LogP contribution in [0.25, 0.3) is 0 Å². The van der Waals surface area contributed by atoms with Crippen LogP contribution in [-0.2, 0) is 11.3 Å². The number of piperidine rings is 1. The maximum atomic E-state index is 11.9. The molecule has 0 unspecified atom stereocenters. The summed E-state index contributed by atoms with van der Waals surface area (Å²) in [6, 6.07) is 14.2. The second-order valence-electron chi connectivity index (χ2n) is 8.17. The molecule has 0 saturated carbocycles. The fourth-order valence-corrected chi connectivity index (χ4v) is 4.78.